The van der Waals surface area contributed by atoms with E-state index in [0.717, 1.165) is 11.0 Å². The summed E-state index contributed by atoms with van der Waals surface area (Å²) in [6, 6.07) is 1.49. The average Bonchev–Trinajstić information content (AvgIpc) is 2.90. The summed E-state index contributed by atoms with van der Waals surface area (Å²) in [4.78, 5) is 35.4. The van der Waals surface area contributed by atoms with E-state index < -0.39 is 35.5 Å². The lowest BCUT2D eigenvalue weighted by Crippen LogP contribution is -2.38. The average molecular weight is 282 g/mol. The maximum atomic E-state index is 13.3. The number of carbonyl (C=O) groups excluding carboxylic acids is 3. The van der Waals surface area contributed by atoms with Gasteiger partial charge in [-0.3, -0.25) is 9.59 Å². The quantitative estimate of drug-likeness (QED) is 0.806. The van der Waals surface area contributed by atoms with Crippen molar-refractivity contribution in [1.82, 2.24) is 5.32 Å². The largest absolute Gasteiger partial charge is 0.442 e. The van der Waals surface area contributed by atoms with Crippen LogP contribution in [0.15, 0.2) is 12.1 Å². The Bertz CT molecular complexity index is 647. The van der Waals surface area contributed by atoms with Gasteiger partial charge >= 0.3 is 6.09 Å². The lowest BCUT2D eigenvalue weighted by atomic mass is 10.1. The number of fused-ring (bicyclic) bond motifs is 1. The van der Waals surface area contributed by atoms with Crippen molar-refractivity contribution in [3.8, 4) is 0 Å². The highest BCUT2D eigenvalue weighted by atomic mass is 19.2. The Morgan fingerprint density at radius 3 is 2.60 bits per heavy atom. The molecular weight excluding hydrogens is 274 g/mol. The van der Waals surface area contributed by atoms with Crippen LogP contribution in [0.5, 0.6) is 0 Å². The molecule has 8 heteroatoms. The second-order valence-corrected chi connectivity index (χ2v) is 4.44. The van der Waals surface area contributed by atoms with Crippen molar-refractivity contribution in [1.29, 1.82) is 0 Å². The number of amides is 2. The minimum atomic E-state index is -1.19. The third kappa shape index (κ3) is 1.80. The molecule has 0 radical (unpaired) electrons. The van der Waals surface area contributed by atoms with Gasteiger partial charge < -0.3 is 15.0 Å². The molecule has 2 heterocycles. The van der Waals surface area contributed by atoms with Crippen LogP contribution in [-0.2, 0) is 9.53 Å². The third-order valence-corrected chi connectivity index (χ3v) is 3.15. The van der Waals surface area contributed by atoms with Crippen molar-refractivity contribution in [3.05, 3.63) is 29.3 Å². The third-order valence-electron chi connectivity index (χ3n) is 3.15. The Balaban J connectivity index is 1.93. The standard InChI is InChI=1S/C12H8F2N2O4/c13-7-1-6-9(2-8(7)14)16(11(18)10(6)17)4-5-3-15-12(19)20-5/h1-2,5H,3-4H2,(H,15,19). The number of anilines is 1. The highest BCUT2D eigenvalue weighted by molar-refractivity contribution is 6.52. The van der Waals surface area contributed by atoms with Gasteiger partial charge in [0, 0.05) is 6.07 Å². The lowest BCUT2D eigenvalue weighted by molar-refractivity contribution is -0.114. The number of carbonyl (C=O) groups is 3. The van der Waals surface area contributed by atoms with E-state index in [9.17, 15) is 23.2 Å². The van der Waals surface area contributed by atoms with E-state index in [2.05, 4.69) is 5.32 Å². The highest BCUT2D eigenvalue weighted by Crippen LogP contribution is 2.31. The van der Waals surface area contributed by atoms with Crippen molar-refractivity contribution in [2.24, 2.45) is 0 Å². The number of rotatable bonds is 2. The van der Waals surface area contributed by atoms with Crippen LogP contribution >= 0.6 is 0 Å². The molecule has 104 valence electrons. The molecule has 1 fully saturated rings. The van der Waals surface area contributed by atoms with E-state index >= 15 is 0 Å². The number of cyclic esters (lactones) is 1. The van der Waals surface area contributed by atoms with Crippen molar-refractivity contribution >= 4 is 23.5 Å². The normalized spacial score (nSPS) is 21.0. The maximum Gasteiger partial charge on any atom is 0.407 e. The minimum absolute atomic E-state index is 0.0122. The van der Waals surface area contributed by atoms with Crippen molar-refractivity contribution in [2.45, 2.75) is 6.10 Å². The first-order valence-electron chi connectivity index (χ1n) is 5.77. The number of hydrogen-bond acceptors (Lipinski definition) is 4. The van der Waals surface area contributed by atoms with Crippen LogP contribution < -0.4 is 10.2 Å². The van der Waals surface area contributed by atoms with Gasteiger partial charge in [0.2, 0.25) is 0 Å². The number of nitrogens with zero attached hydrogens (tertiary/aromatic N) is 1. The molecule has 0 bridgehead atoms. The number of ketones is 1. The molecule has 0 spiro atoms. The molecule has 3 rings (SSSR count). The van der Waals surface area contributed by atoms with Crippen molar-refractivity contribution in [3.63, 3.8) is 0 Å². The lowest BCUT2D eigenvalue weighted by Gasteiger charge is -2.19. The van der Waals surface area contributed by atoms with Gasteiger partial charge in [-0.15, -0.1) is 0 Å². The number of hydrogen-bond donors (Lipinski definition) is 1. The molecule has 6 nitrogen and oxygen atoms in total. The number of nitrogens with one attached hydrogen (secondary N) is 1. The summed E-state index contributed by atoms with van der Waals surface area (Å²) < 4.78 is 31.2. The van der Waals surface area contributed by atoms with Crippen LogP contribution in [0.25, 0.3) is 0 Å². The fourth-order valence-corrected chi connectivity index (χ4v) is 2.21. The van der Waals surface area contributed by atoms with Gasteiger partial charge in [-0.1, -0.05) is 0 Å². The fraction of sp³-hybridized carbons (Fsp3) is 0.250. The molecule has 1 N–H and O–H groups in total. The highest BCUT2D eigenvalue weighted by Gasteiger charge is 2.39. The molecule has 2 aliphatic heterocycles. The van der Waals surface area contributed by atoms with Crippen LogP contribution in [-0.4, -0.2) is 37.0 Å². The van der Waals surface area contributed by atoms with Gasteiger partial charge in [0.15, 0.2) is 11.6 Å². The molecule has 1 aromatic rings. The van der Waals surface area contributed by atoms with Crippen LogP contribution in [0.2, 0.25) is 0 Å². The summed E-state index contributed by atoms with van der Waals surface area (Å²) >= 11 is 0. The molecule has 0 aromatic heterocycles. The van der Waals surface area contributed by atoms with E-state index in [-0.39, 0.29) is 24.3 Å². The summed E-state index contributed by atoms with van der Waals surface area (Å²) in [6.45, 7) is 0.0806. The van der Waals surface area contributed by atoms with Gasteiger partial charge in [0.1, 0.15) is 6.10 Å². The second kappa shape index (κ2) is 4.26. The Morgan fingerprint density at radius 1 is 1.25 bits per heavy atom. The van der Waals surface area contributed by atoms with Crippen LogP contribution in [0.4, 0.5) is 19.3 Å². The van der Waals surface area contributed by atoms with Crippen LogP contribution in [0, 0.1) is 11.6 Å². The Hall–Kier alpha value is -2.51. The molecule has 2 amide bonds. The number of benzene rings is 1. The van der Waals surface area contributed by atoms with Gasteiger partial charge in [-0.2, -0.15) is 0 Å². The van der Waals surface area contributed by atoms with E-state index in [1.165, 1.54) is 0 Å². The SMILES string of the molecule is O=C1NCC(CN2C(=O)C(=O)c3cc(F)c(F)cc32)O1. The van der Waals surface area contributed by atoms with Crippen LogP contribution in [0.1, 0.15) is 10.4 Å². The molecular formula is C12H8F2N2O4. The zero-order valence-corrected chi connectivity index (χ0v) is 9.98. The molecule has 0 saturated carbocycles. The first kappa shape index (κ1) is 12.5. The summed E-state index contributed by atoms with van der Waals surface area (Å²) in [5.74, 6) is -4.15. The predicted molar refractivity (Wildman–Crippen MR) is 61.3 cm³/mol. The first-order chi connectivity index (χ1) is 9.47. The van der Waals surface area contributed by atoms with Gasteiger partial charge in [-0.05, 0) is 6.07 Å². The number of halogens is 2. The molecule has 1 unspecified atom stereocenters. The first-order valence-corrected chi connectivity index (χ1v) is 5.77. The Morgan fingerprint density at radius 2 is 1.95 bits per heavy atom. The maximum absolute atomic E-state index is 13.3. The van der Waals surface area contributed by atoms with Crippen LogP contribution in [0.3, 0.4) is 0 Å². The molecule has 1 saturated heterocycles. The summed E-state index contributed by atoms with van der Waals surface area (Å²) in [5, 5.41) is 2.40. The number of ether oxygens (including phenoxy) is 1. The molecule has 1 atom stereocenters. The van der Waals surface area contributed by atoms with Crippen molar-refractivity contribution in [2.75, 3.05) is 18.0 Å². The Kier molecular flexibility index (Phi) is 2.66. The molecule has 2 aliphatic rings. The monoisotopic (exact) mass is 282 g/mol. The minimum Gasteiger partial charge on any atom is -0.442 e. The predicted octanol–water partition coefficient (Wildman–Crippen LogP) is 0.602. The van der Waals surface area contributed by atoms with E-state index in [1.54, 1.807) is 0 Å². The number of alkyl carbamates (subject to hydrolysis) is 1. The topological polar surface area (TPSA) is 75.7 Å². The summed E-state index contributed by atoms with van der Waals surface area (Å²) in [6.07, 6.45) is -1.27. The van der Waals surface area contributed by atoms with Gasteiger partial charge in [0.05, 0.1) is 24.3 Å². The molecule has 0 aliphatic carbocycles. The van der Waals surface area contributed by atoms with Crippen molar-refractivity contribution < 1.29 is 27.9 Å². The second-order valence-electron chi connectivity index (χ2n) is 4.44. The fourth-order valence-electron chi connectivity index (χ4n) is 2.21. The van der Waals surface area contributed by atoms with E-state index in [4.69, 9.17) is 4.74 Å². The van der Waals surface area contributed by atoms with Gasteiger partial charge in [0.25, 0.3) is 11.7 Å². The zero-order valence-electron chi connectivity index (χ0n) is 9.98. The van der Waals surface area contributed by atoms with Gasteiger partial charge in [-0.25, -0.2) is 13.6 Å². The smallest absolute Gasteiger partial charge is 0.407 e. The number of Topliss-reactive ketones (excluding diaryl/α,β-unsaturated/α-hetero) is 1. The van der Waals surface area contributed by atoms with E-state index in [1.807, 2.05) is 0 Å². The Labute approximate surface area is 111 Å². The molecule has 20 heavy (non-hydrogen) atoms. The van der Waals surface area contributed by atoms with E-state index in [0.29, 0.717) is 6.07 Å². The molecule has 1 aromatic carbocycles. The zero-order chi connectivity index (χ0) is 14.4. The summed E-state index contributed by atoms with van der Waals surface area (Å²) in [7, 11) is 0. The summed E-state index contributed by atoms with van der Waals surface area (Å²) in [5.41, 5.74) is -0.201.